The monoisotopic (exact) mass is 296 g/mol. The van der Waals surface area contributed by atoms with Gasteiger partial charge in [0.1, 0.15) is 11.9 Å². The molecule has 0 aromatic heterocycles. The van der Waals surface area contributed by atoms with Gasteiger partial charge in [0, 0.05) is 6.54 Å². The molecule has 0 heterocycles. The van der Waals surface area contributed by atoms with E-state index < -0.39 is 0 Å². The maximum Gasteiger partial charge on any atom is 0.123 e. The number of benzene rings is 2. The molecular formula is C19H21FN2. The summed E-state index contributed by atoms with van der Waals surface area (Å²) in [4.78, 5) is 0. The molecule has 1 atom stereocenters. The Morgan fingerprint density at radius 3 is 2.14 bits per heavy atom. The van der Waals surface area contributed by atoms with Crippen LogP contribution < -0.4 is 5.32 Å². The largest absolute Gasteiger partial charge is 0.298 e. The fraction of sp³-hybridized carbons (Fsp3) is 0.316. The van der Waals surface area contributed by atoms with Gasteiger partial charge < -0.3 is 0 Å². The van der Waals surface area contributed by atoms with Gasteiger partial charge in [-0.15, -0.1) is 0 Å². The van der Waals surface area contributed by atoms with Crippen LogP contribution in [0.1, 0.15) is 42.5 Å². The molecule has 2 aromatic rings. The number of nitrogens with one attached hydrogen (secondary N) is 1. The van der Waals surface area contributed by atoms with Crippen LogP contribution in [0.2, 0.25) is 0 Å². The Morgan fingerprint density at radius 2 is 1.59 bits per heavy atom. The van der Waals surface area contributed by atoms with E-state index in [4.69, 9.17) is 0 Å². The van der Waals surface area contributed by atoms with Gasteiger partial charge in [0.15, 0.2) is 0 Å². The van der Waals surface area contributed by atoms with Crippen molar-refractivity contribution in [3.8, 4) is 6.07 Å². The molecule has 0 spiro atoms. The van der Waals surface area contributed by atoms with Crippen LogP contribution >= 0.6 is 0 Å². The highest BCUT2D eigenvalue weighted by Crippen LogP contribution is 2.18. The van der Waals surface area contributed by atoms with Gasteiger partial charge in [-0.25, -0.2) is 4.39 Å². The predicted molar refractivity (Wildman–Crippen MR) is 87.0 cm³/mol. The molecule has 0 fully saturated rings. The van der Waals surface area contributed by atoms with Crippen molar-refractivity contribution in [1.82, 2.24) is 5.32 Å². The molecular weight excluding hydrogens is 275 g/mol. The molecule has 1 N–H and O–H groups in total. The van der Waals surface area contributed by atoms with Gasteiger partial charge in [-0.3, -0.25) is 5.32 Å². The number of nitriles is 1. The molecule has 0 radical (unpaired) electrons. The zero-order valence-corrected chi connectivity index (χ0v) is 13.0. The number of rotatable bonds is 6. The highest BCUT2D eigenvalue weighted by atomic mass is 19.1. The minimum Gasteiger partial charge on any atom is -0.298 e. The van der Waals surface area contributed by atoms with E-state index in [9.17, 15) is 9.65 Å². The minimum absolute atomic E-state index is 0.225. The lowest BCUT2D eigenvalue weighted by Crippen LogP contribution is -2.22. The van der Waals surface area contributed by atoms with Crippen LogP contribution in [0.15, 0.2) is 48.5 Å². The second kappa shape index (κ2) is 7.72. The molecule has 0 aliphatic heterocycles. The van der Waals surface area contributed by atoms with Gasteiger partial charge in [0.25, 0.3) is 0 Å². The summed E-state index contributed by atoms with van der Waals surface area (Å²) < 4.78 is 12.8. The second-order valence-electron chi connectivity index (χ2n) is 5.71. The van der Waals surface area contributed by atoms with Crippen molar-refractivity contribution in [2.24, 2.45) is 0 Å². The molecule has 0 bridgehead atoms. The molecule has 0 amide bonds. The van der Waals surface area contributed by atoms with E-state index >= 15 is 0 Å². The van der Waals surface area contributed by atoms with Crippen LogP contribution in [0.25, 0.3) is 0 Å². The summed E-state index contributed by atoms with van der Waals surface area (Å²) in [5.74, 6) is 0.262. The van der Waals surface area contributed by atoms with Crippen molar-refractivity contribution in [2.45, 2.75) is 32.2 Å². The van der Waals surface area contributed by atoms with Crippen LogP contribution in [-0.4, -0.2) is 6.54 Å². The Hall–Kier alpha value is -2.18. The van der Waals surface area contributed by atoms with Crippen molar-refractivity contribution in [2.75, 3.05) is 6.54 Å². The number of nitrogens with zero attached hydrogens (tertiary/aromatic N) is 1. The normalized spacial score (nSPS) is 12.1. The molecule has 114 valence electrons. The zero-order chi connectivity index (χ0) is 15.9. The van der Waals surface area contributed by atoms with Crippen molar-refractivity contribution in [3.63, 3.8) is 0 Å². The summed E-state index contributed by atoms with van der Waals surface area (Å²) in [6.45, 7) is 4.98. The van der Waals surface area contributed by atoms with E-state index in [0.717, 1.165) is 17.5 Å². The van der Waals surface area contributed by atoms with Gasteiger partial charge in [-0.1, -0.05) is 50.2 Å². The first kappa shape index (κ1) is 16.2. The molecule has 0 saturated heterocycles. The van der Waals surface area contributed by atoms with E-state index in [1.54, 1.807) is 12.1 Å². The first-order valence-electron chi connectivity index (χ1n) is 7.57. The highest BCUT2D eigenvalue weighted by Gasteiger charge is 2.10. The van der Waals surface area contributed by atoms with Gasteiger partial charge in [-0.2, -0.15) is 5.26 Å². The van der Waals surface area contributed by atoms with E-state index in [2.05, 4.69) is 37.4 Å². The third kappa shape index (κ3) is 4.41. The quantitative estimate of drug-likeness (QED) is 0.860. The molecule has 0 aliphatic rings. The van der Waals surface area contributed by atoms with E-state index in [1.165, 1.54) is 17.7 Å². The molecule has 2 aromatic carbocycles. The Bertz CT molecular complexity index is 624. The fourth-order valence-corrected chi connectivity index (χ4v) is 2.32. The van der Waals surface area contributed by atoms with Crippen molar-refractivity contribution in [3.05, 3.63) is 71.0 Å². The highest BCUT2D eigenvalue weighted by molar-refractivity contribution is 5.29. The Balaban J connectivity index is 1.92. The topological polar surface area (TPSA) is 35.8 Å². The van der Waals surface area contributed by atoms with E-state index in [-0.39, 0.29) is 11.9 Å². The van der Waals surface area contributed by atoms with Gasteiger partial charge in [0.05, 0.1) is 6.07 Å². The maximum absolute atomic E-state index is 12.8. The molecule has 22 heavy (non-hydrogen) atoms. The lowest BCUT2D eigenvalue weighted by Gasteiger charge is -2.13. The lowest BCUT2D eigenvalue weighted by molar-refractivity contribution is 0.620. The Kier molecular flexibility index (Phi) is 5.68. The van der Waals surface area contributed by atoms with Crippen LogP contribution in [0.5, 0.6) is 0 Å². The van der Waals surface area contributed by atoms with E-state index in [1.807, 2.05) is 12.1 Å². The van der Waals surface area contributed by atoms with Gasteiger partial charge in [-0.05, 0) is 41.2 Å². The average molecular weight is 296 g/mol. The van der Waals surface area contributed by atoms with Crippen molar-refractivity contribution >= 4 is 0 Å². The van der Waals surface area contributed by atoms with Gasteiger partial charge in [0.2, 0.25) is 0 Å². The number of halogens is 1. The molecule has 2 rings (SSSR count). The summed E-state index contributed by atoms with van der Waals surface area (Å²) in [6.07, 6.45) is 0.766. The standard InChI is InChI=1S/C19H21FN2/c1-14(2)16-5-7-17(8-6-16)19(13-21)22-12-11-15-3-9-18(20)10-4-15/h3-10,14,19,22H,11-12H2,1-2H3. The lowest BCUT2D eigenvalue weighted by atomic mass is 9.99. The molecule has 3 heteroatoms. The third-order valence-electron chi connectivity index (χ3n) is 3.74. The Morgan fingerprint density at radius 1 is 1.00 bits per heavy atom. The summed E-state index contributed by atoms with van der Waals surface area (Å²) in [7, 11) is 0. The summed E-state index contributed by atoms with van der Waals surface area (Å²) in [5, 5.41) is 12.6. The summed E-state index contributed by atoms with van der Waals surface area (Å²) in [5.41, 5.74) is 3.30. The average Bonchev–Trinajstić information content (AvgIpc) is 2.53. The SMILES string of the molecule is CC(C)c1ccc(C(C#N)NCCc2ccc(F)cc2)cc1. The fourth-order valence-electron chi connectivity index (χ4n) is 2.32. The van der Waals surface area contributed by atoms with Crippen LogP contribution in [-0.2, 0) is 6.42 Å². The van der Waals surface area contributed by atoms with Crippen molar-refractivity contribution < 1.29 is 4.39 Å². The summed E-state index contributed by atoms with van der Waals surface area (Å²) in [6, 6.07) is 16.6. The predicted octanol–water partition coefficient (Wildman–Crippen LogP) is 4.35. The van der Waals surface area contributed by atoms with Crippen LogP contribution in [0, 0.1) is 17.1 Å². The smallest absolute Gasteiger partial charge is 0.123 e. The zero-order valence-electron chi connectivity index (χ0n) is 13.0. The third-order valence-corrected chi connectivity index (χ3v) is 3.74. The molecule has 0 aliphatic carbocycles. The maximum atomic E-state index is 12.8. The molecule has 0 saturated carbocycles. The second-order valence-corrected chi connectivity index (χ2v) is 5.71. The minimum atomic E-state index is -0.318. The summed E-state index contributed by atoms with van der Waals surface area (Å²) >= 11 is 0. The molecule has 1 unspecified atom stereocenters. The Labute approximate surface area is 131 Å². The van der Waals surface area contributed by atoms with Crippen LogP contribution in [0.4, 0.5) is 4.39 Å². The van der Waals surface area contributed by atoms with Gasteiger partial charge >= 0.3 is 0 Å². The van der Waals surface area contributed by atoms with E-state index in [0.29, 0.717) is 12.5 Å². The van der Waals surface area contributed by atoms with Crippen LogP contribution in [0.3, 0.4) is 0 Å². The number of hydrogen-bond acceptors (Lipinski definition) is 2. The first-order chi connectivity index (χ1) is 10.6. The first-order valence-corrected chi connectivity index (χ1v) is 7.57. The van der Waals surface area contributed by atoms with Crippen molar-refractivity contribution in [1.29, 1.82) is 5.26 Å². The number of hydrogen-bond donors (Lipinski definition) is 1. The molecule has 2 nitrogen and oxygen atoms in total.